The van der Waals surface area contributed by atoms with Gasteiger partial charge >= 0.3 is 0 Å². The Morgan fingerprint density at radius 3 is 2.67 bits per heavy atom. The van der Waals surface area contributed by atoms with E-state index in [0.29, 0.717) is 5.02 Å². The monoisotopic (exact) mass is 344 g/mol. The number of hydrogen-bond acceptors (Lipinski definition) is 3. The summed E-state index contributed by atoms with van der Waals surface area (Å²) in [6, 6.07) is 4.10. The van der Waals surface area contributed by atoms with Crippen LogP contribution in [0.25, 0.3) is 11.3 Å². The van der Waals surface area contributed by atoms with Crippen molar-refractivity contribution in [1.82, 2.24) is 14.9 Å². The van der Waals surface area contributed by atoms with Gasteiger partial charge in [0.15, 0.2) is 0 Å². The largest absolute Gasteiger partial charge is 0.370 e. The van der Waals surface area contributed by atoms with E-state index in [1.165, 1.54) is 0 Å². The Bertz CT molecular complexity index is 777. The van der Waals surface area contributed by atoms with Crippen molar-refractivity contribution in [1.29, 1.82) is 0 Å². The summed E-state index contributed by atoms with van der Waals surface area (Å²) in [7, 11) is 2.02. The van der Waals surface area contributed by atoms with Gasteiger partial charge in [0.05, 0.1) is 21.8 Å². The average molecular weight is 345 g/mol. The second-order valence-electron chi connectivity index (χ2n) is 6.80. The molecule has 0 unspecified atom stereocenters. The van der Waals surface area contributed by atoms with Crippen LogP contribution < -0.4 is 10.2 Å². The molecule has 4 heterocycles. The zero-order valence-corrected chi connectivity index (χ0v) is 14.5. The van der Waals surface area contributed by atoms with Crippen molar-refractivity contribution in [2.75, 3.05) is 24.5 Å². The fourth-order valence-electron chi connectivity index (χ4n) is 4.03. The summed E-state index contributed by atoms with van der Waals surface area (Å²) in [4.78, 5) is 18.8. The molecular weight excluding hydrogens is 324 g/mol. The van der Waals surface area contributed by atoms with Gasteiger partial charge < -0.3 is 14.8 Å². The second-order valence-corrected chi connectivity index (χ2v) is 7.20. The van der Waals surface area contributed by atoms with Crippen molar-refractivity contribution in [3.8, 4) is 11.3 Å². The number of amides is 1. The normalized spacial score (nSPS) is 19.8. The quantitative estimate of drug-likeness (QED) is 0.911. The van der Waals surface area contributed by atoms with Gasteiger partial charge in [0.25, 0.3) is 0 Å². The molecule has 1 N–H and O–H groups in total. The molecule has 2 aromatic heterocycles. The molecule has 2 aliphatic heterocycles. The van der Waals surface area contributed by atoms with Crippen molar-refractivity contribution in [2.45, 2.75) is 19.3 Å². The van der Waals surface area contributed by atoms with E-state index in [9.17, 15) is 4.79 Å². The molecule has 126 valence electrons. The van der Waals surface area contributed by atoms with Gasteiger partial charge in [-0.25, -0.2) is 0 Å². The van der Waals surface area contributed by atoms with Crippen LogP contribution in [0.2, 0.25) is 5.02 Å². The molecule has 6 heteroatoms. The molecule has 5 nitrogen and oxygen atoms in total. The number of nitrogens with one attached hydrogen (secondary N) is 1. The Kier molecular flexibility index (Phi) is 3.76. The van der Waals surface area contributed by atoms with E-state index in [-0.39, 0.29) is 11.3 Å². The predicted octanol–water partition coefficient (Wildman–Crippen LogP) is 2.85. The Hall–Kier alpha value is -2.01. The van der Waals surface area contributed by atoms with Crippen LogP contribution in [0.15, 0.2) is 30.7 Å². The third-order valence-electron chi connectivity index (χ3n) is 5.50. The van der Waals surface area contributed by atoms with Crippen molar-refractivity contribution in [2.24, 2.45) is 12.5 Å². The van der Waals surface area contributed by atoms with Gasteiger partial charge in [0, 0.05) is 50.8 Å². The van der Waals surface area contributed by atoms with E-state index in [1.807, 2.05) is 25.5 Å². The summed E-state index contributed by atoms with van der Waals surface area (Å²) in [5.74, 6) is 0.227. The zero-order valence-electron chi connectivity index (χ0n) is 13.8. The zero-order chi connectivity index (χ0) is 16.7. The Morgan fingerprint density at radius 2 is 2.04 bits per heavy atom. The molecule has 0 bridgehead atoms. The van der Waals surface area contributed by atoms with Crippen molar-refractivity contribution < 1.29 is 4.79 Å². The first-order valence-electron chi connectivity index (χ1n) is 8.39. The van der Waals surface area contributed by atoms with Crippen LogP contribution in [-0.2, 0) is 11.8 Å². The first-order chi connectivity index (χ1) is 11.6. The fourth-order valence-corrected chi connectivity index (χ4v) is 4.31. The molecule has 4 rings (SSSR count). The SMILES string of the molecule is Cn1cccc1-c1cncc(Cl)c1N1CCC2(CCNC2=O)CC1. The molecule has 0 aliphatic carbocycles. The first-order valence-corrected chi connectivity index (χ1v) is 8.77. The molecule has 2 aromatic rings. The number of nitrogens with zero attached hydrogens (tertiary/aromatic N) is 3. The van der Waals surface area contributed by atoms with Gasteiger partial charge in [-0.05, 0) is 31.4 Å². The van der Waals surface area contributed by atoms with Crippen LogP contribution in [0, 0.1) is 5.41 Å². The molecule has 0 aromatic carbocycles. The van der Waals surface area contributed by atoms with Crippen LogP contribution in [-0.4, -0.2) is 35.1 Å². The van der Waals surface area contributed by atoms with Crippen molar-refractivity contribution >= 4 is 23.2 Å². The van der Waals surface area contributed by atoms with Crippen LogP contribution in [0.4, 0.5) is 5.69 Å². The number of carbonyl (C=O) groups is 1. The van der Waals surface area contributed by atoms with Crippen LogP contribution in [0.3, 0.4) is 0 Å². The Morgan fingerprint density at radius 1 is 1.25 bits per heavy atom. The van der Waals surface area contributed by atoms with E-state index in [1.54, 1.807) is 6.20 Å². The summed E-state index contributed by atoms with van der Waals surface area (Å²) in [5, 5.41) is 3.66. The third kappa shape index (κ3) is 2.38. The van der Waals surface area contributed by atoms with Gasteiger partial charge in [0.1, 0.15) is 0 Å². The Labute approximate surface area is 146 Å². The summed E-state index contributed by atoms with van der Waals surface area (Å²) < 4.78 is 2.08. The molecular formula is C18H21ClN4O. The molecule has 24 heavy (non-hydrogen) atoms. The standard InChI is InChI=1S/C18H21ClN4O/c1-22-8-2-3-15(22)13-11-20-12-14(19)16(13)23-9-5-18(6-10-23)4-7-21-17(18)24/h2-3,8,11-12H,4-7,9-10H2,1H3,(H,21,24). The van der Waals surface area contributed by atoms with Crippen molar-refractivity contribution in [3.63, 3.8) is 0 Å². The topological polar surface area (TPSA) is 50.2 Å². The molecule has 2 fully saturated rings. The maximum absolute atomic E-state index is 12.2. The van der Waals surface area contributed by atoms with Crippen LogP contribution in [0.1, 0.15) is 19.3 Å². The molecule has 0 radical (unpaired) electrons. The van der Waals surface area contributed by atoms with Gasteiger partial charge in [-0.3, -0.25) is 9.78 Å². The minimum absolute atomic E-state index is 0.166. The number of halogens is 1. The number of rotatable bonds is 2. The highest BCUT2D eigenvalue weighted by atomic mass is 35.5. The van der Waals surface area contributed by atoms with E-state index < -0.39 is 0 Å². The van der Waals surface area contributed by atoms with E-state index >= 15 is 0 Å². The number of hydrogen-bond donors (Lipinski definition) is 1. The predicted molar refractivity (Wildman–Crippen MR) is 95.2 cm³/mol. The number of pyridine rings is 1. The number of piperidine rings is 1. The number of aryl methyl sites for hydroxylation is 1. The molecule has 2 saturated heterocycles. The second kappa shape index (κ2) is 5.81. The van der Waals surface area contributed by atoms with E-state index in [2.05, 4.69) is 25.8 Å². The third-order valence-corrected chi connectivity index (χ3v) is 5.78. The summed E-state index contributed by atoms with van der Waals surface area (Å²) in [6.07, 6.45) is 8.32. The maximum atomic E-state index is 12.2. The maximum Gasteiger partial charge on any atom is 0.226 e. The van der Waals surface area contributed by atoms with Gasteiger partial charge in [-0.2, -0.15) is 0 Å². The highest BCUT2D eigenvalue weighted by Gasteiger charge is 2.44. The lowest BCUT2D eigenvalue weighted by Crippen LogP contribution is -2.44. The van der Waals surface area contributed by atoms with Crippen LogP contribution >= 0.6 is 11.6 Å². The molecule has 1 amide bonds. The van der Waals surface area contributed by atoms with Crippen LogP contribution in [0.5, 0.6) is 0 Å². The van der Waals surface area contributed by atoms with Gasteiger partial charge in [-0.15, -0.1) is 0 Å². The summed E-state index contributed by atoms with van der Waals surface area (Å²) >= 11 is 6.52. The van der Waals surface area contributed by atoms with Gasteiger partial charge in [-0.1, -0.05) is 11.6 Å². The van der Waals surface area contributed by atoms with Crippen molar-refractivity contribution in [3.05, 3.63) is 35.7 Å². The number of carbonyl (C=O) groups excluding carboxylic acids is 1. The lowest BCUT2D eigenvalue weighted by Gasteiger charge is -2.39. The molecule has 0 saturated carbocycles. The average Bonchev–Trinajstić information content (AvgIpc) is 3.15. The summed E-state index contributed by atoms with van der Waals surface area (Å²) in [6.45, 7) is 2.49. The van der Waals surface area contributed by atoms with E-state index in [0.717, 1.165) is 55.8 Å². The Balaban J connectivity index is 1.66. The first kappa shape index (κ1) is 15.5. The minimum Gasteiger partial charge on any atom is -0.370 e. The number of anilines is 1. The smallest absolute Gasteiger partial charge is 0.226 e. The highest BCUT2D eigenvalue weighted by Crippen LogP contribution is 2.43. The highest BCUT2D eigenvalue weighted by molar-refractivity contribution is 6.33. The fraction of sp³-hybridized carbons (Fsp3) is 0.444. The lowest BCUT2D eigenvalue weighted by atomic mass is 9.77. The number of aromatic nitrogens is 2. The molecule has 2 aliphatic rings. The molecule has 0 atom stereocenters. The lowest BCUT2D eigenvalue weighted by molar-refractivity contribution is -0.128. The van der Waals surface area contributed by atoms with Gasteiger partial charge in [0.2, 0.25) is 5.91 Å². The minimum atomic E-state index is -0.166. The molecule has 1 spiro atoms. The van der Waals surface area contributed by atoms with E-state index in [4.69, 9.17) is 11.6 Å². The summed E-state index contributed by atoms with van der Waals surface area (Å²) in [5.41, 5.74) is 3.00.